The lowest BCUT2D eigenvalue weighted by atomic mass is 9.89. The van der Waals surface area contributed by atoms with E-state index in [1.165, 1.54) is 48.5 Å². The molecule has 0 spiro atoms. The van der Waals surface area contributed by atoms with Gasteiger partial charge in [-0.25, -0.2) is 14.1 Å². The van der Waals surface area contributed by atoms with Crippen LogP contribution in [0.5, 0.6) is 0 Å². The van der Waals surface area contributed by atoms with Gasteiger partial charge in [-0.15, -0.1) is 0 Å². The number of rotatable bonds is 6. The van der Waals surface area contributed by atoms with Crippen molar-refractivity contribution in [1.29, 1.82) is 0 Å². The predicted molar refractivity (Wildman–Crippen MR) is 99.4 cm³/mol. The second kappa shape index (κ2) is 7.39. The maximum absolute atomic E-state index is 14.1. The van der Waals surface area contributed by atoms with Gasteiger partial charge in [0.25, 0.3) is 5.91 Å². The van der Waals surface area contributed by atoms with Gasteiger partial charge in [-0.1, -0.05) is 42.5 Å². The molecular formula is C21H19F4N3O2. The summed E-state index contributed by atoms with van der Waals surface area (Å²) in [6.45, 7) is -0.0969. The Morgan fingerprint density at radius 2 is 1.77 bits per heavy atom. The SMILES string of the molecule is O=C1N[C@@](c2ccccc2)(C(F)(F)F)C(=O)N1CN(Cc1cccc(F)c1)C1CC1. The van der Waals surface area contributed by atoms with Crippen molar-refractivity contribution in [3.8, 4) is 0 Å². The minimum absolute atomic E-state index is 0.0199. The van der Waals surface area contributed by atoms with E-state index in [9.17, 15) is 27.2 Å². The standard InChI is InChI=1S/C21H19F4N3O2/c22-16-8-4-5-14(11-16)12-27(17-9-10-17)13-28-18(29)20(21(23,24)25,26-19(28)30)15-6-2-1-3-7-15/h1-8,11,17H,9-10,12-13H2,(H,26,30)/t20-/m1/s1. The van der Waals surface area contributed by atoms with Crippen LogP contribution in [0.4, 0.5) is 22.4 Å². The highest BCUT2D eigenvalue weighted by molar-refractivity contribution is 6.08. The minimum Gasteiger partial charge on any atom is -0.312 e. The fourth-order valence-electron chi connectivity index (χ4n) is 3.73. The lowest BCUT2D eigenvalue weighted by Crippen LogP contribution is -2.56. The van der Waals surface area contributed by atoms with Crippen molar-refractivity contribution in [3.05, 3.63) is 71.5 Å². The molecule has 1 N–H and O–H groups in total. The molecule has 30 heavy (non-hydrogen) atoms. The van der Waals surface area contributed by atoms with Crippen molar-refractivity contribution < 1.29 is 27.2 Å². The number of hydrogen-bond donors (Lipinski definition) is 1. The molecule has 3 amide bonds. The third-order valence-electron chi connectivity index (χ3n) is 5.40. The summed E-state index contributed by atoms with van der Waals surface area (Å²) >= 11 is 0. The van der Waals surface area contributed by atoms with Gasteiger partial charge in [0.15, 0.2) is 0 Å². The summed E-state index contributed by atoms with van der Waals surface area (Å²) in [7, 11) is 0. The number of hydrogen-bond acceptors (Lipinski definition) is 3. The average Bonchev–Trinajstić information content (AvgIpc) is 3.50. The molecule has 0 unspecified atom stereocenters. The van der Waals surface area contributed by atoms with E-state index < -0.39 is 29.5 Å². The maximum atomic E-state index is 14.1. The number of halogens is 4. The van der Waals surface area contributed by atoms with Crippen LogP contribution >= 0.6 is 0 Å². The zero-order valence-corrected chi connectivity index (χ0v) is 15.8. The van der Waals surface area contributed by atoms with E-state index in [2.05, 4.69) is 0 Å². The fraction of sp³-hybridized carbons (Fsp3) is 0.333. The number of nitrogens with one attached hydrogen (secondary N) is 1. The predicted octanol–water partition coefficient (Wildman–Crippen LogP) is 3.76. The Balaban J connectivity index is 1.62. The molecule has 4 rings (SSSR count). The van der Waals surface area contributed by atoms with Gasteiger partial charge in [-0.05, 0) is 36.1 Å². The monoisotopic (exact) mass is 421 g/mol. The highest BCUT2D eigenvalue weighted by Gasteiger charge is 2.68. The second-order valence-electron chi connectivity index (χ2n) is 7.53. The average molecular weight is 421 g/mol. The molecule has 2 aromatic carbocycles. The molecule has 2 fully saturated rings. The number of carbonyl (C=O) groups excluding carboxylic acids is 2. The molecular weight excluding hydrogens is 402 g/mol. The van der Waals surface area contributed by atoms with E-state index >= 15 is 0 Å². The number of imide groups is 1. The first-order chi connectivity index (χ1) is 14.2. The molecule has 1 saturated heterocycles. The third-order valence-corrected chi connectivity index (χ3v) is 5.40. The van der Waals surface area contributed by atoms with E-state index in [0.29, 0.717) is 10.5 Å². The van der Waals surface area contributed by atoms with Crippen molar-refractivity contribution in [2.45, 2.75) is 37.1 Å². The Bertz CT molecular complexity index is 962. The van der Waals surface area contributed by atoms with Gasteiger partial charge < -0.3 is 5.32 Å². The van der Waals surface area contributed by atoms with Gasteiger partial charge in [0.1, 0.15) is 5.82 Å². The molecule has 1 aliphatic heterocycles. The van der Waals surface area contributed by atoms with Crippen molar-refractivity contribution in [3.63, 3.8) is 0 Å². The molecule has 2 aromatic rings. The zero-order valence-electron chi connectivity index (χ0n) is 15.8. The van der Waals surface area contributed by atoms with Crippen LogP contribution in [0, 0.1) is 5.82 Å². The first kappa shape index (κ1) is 20.3. The van der Waals surface area contributed by atoms with E-state index in [0.717, 1.165) is 12.8 Å². The molecule has 1 aliphatic carbocycles. The first-order valence-electron chi connectivity index (χ1n) is 9.47. The molecule has 9 heteroatoms. The summed E-state index contributed by atoms with van der Waals surface area (Å²) in [5, 5.41) is 1.89. The van der Waals surface area contributed by atoms with Crippen LogP contribution in [-0.2, 0) is 16.9 Å². The van der Waals surface area contributed by atoms with Crippen LogP contribution in [0.1, 0.15) is 24.0 Å². The Labute approximate surface area is 170 Å². The summed E-state index contributed by atoms with van der Waals surface area (Å²) in [6, 6.07) is 11.4. The number of carbonyl (C=O) groups is 2. The van der Waals surface area contributed by atoms with Gasteiger partial charge >= 0.3 is 12.2 Å². The van der Waals surface area contributed by atoms with Crippen LogP contribution in [0.3, 0.4) is 0 Å². The number of alkyl halides is 3. The second-order valence-corrected chi connectivity index (χ2v) is 7.53. The summed E-state index contributed by atoms with van der Waals surface area (Å²) in [4.78, 5) is 27.8. The summed E-state index contributed by atoms with van der Waals surface area (Å²) in [5.41, 5.74) is -2.86. The zero-order chi connectivity index (χ0) is 21.5. The summed E-state index contributed by atoms with van der Waals surface area (Å²) in [6.07, 6.45) is -3.44. The Kier molecular flexibility index (Phi) is 5.01. The van der Waals surface area contributed by atoms with Gasteiger partial charge in [-0.3, -0.25) is 9.69 Å². The lowest BCUT2D eigenvalue weighted by molar-refractivity contribution is -0.198. The van der Waals surface area contributed by atoms with Crippen LogP contribution in [0.25, 0.3) is 0 Å². The molecule has 1 saturated carbocycles. The van der Waals surface area contributed by atoms with E-state index in [1.807, 2.05) is 5.32 Å². The Hall–Kier alpha value is -2.94. The molecule has 1 atom stereocenters. The minimum atomic E-state index is -5.02. The fourth-order valence-corrected chi connectivity index (χ4v) is 3.73. The van der Waals surface area contributed by atoms with Crippen molar-refractivity contribution >= 4 is 11.9 Å². The highest BCUT2D eigenvalue weighted by Crippen LogP contribution is 2.43. The van der Waals surface area contributed by atoms with Gasteiger partial charge in [0.2, 0.25) is 5.54 Å². The topological polar surface area (TPSA) is 52.7 Å². The lowest BCUT2D eigenvalue weighted by Gasteiger charge is -2.30. The van der Waals surface area contributed by atoms with Crippen molar-refractivity contribution in [1.82, 2.24) is 15.1 Å². The van der Waals surface area contributed by atoms with E-state index in [1.54, 1.807) is 11.0 Å². The number of nitrogens with zero attached hydrogens (tertiary/aromatic N) is 2. The Morgan fingerprint density at radius 1 is 1.07 bits per heavy atom. The van der Waals surface area contributed by atoms with Crippen molar-refractivity contribution in [2.75, 3.05) is 6.67 Å². The quantitative estimate of drug-likeness (QED) is 0.571. The van der Waals surface area contributed by atoms with Crippen molar-refractivity contribution in [2.24, 2.45) is 0 Å². The van der Waals surface area contributed by atoms with Crippen LogP contribution in [-0.4, -0.2) is 40.6 Å². The molecule has 5 nitrogen and oxygen atoms in total. The van der Waals surface area contributed by atoms with Crippen LogP contribution in [0.15, 0.2) is 54.6 Å². The first-order valence-corrected chi connectivity index (χ1v) is 9.47. The normalized spacial score (nSPS) is 22.0. The van der Waals surface area contributed by atoms with E-state index in [4.69, 9.17) is 0 Å². The highest BCUT2D eigenvalue weighted by atomic mass is 19.4. The number of urea groups is 1. The largest absolute Gasteiger partial charge is 0.425 e. The van der Waals surface area contributed by atoms with Gasteiger partial charge in [-0.2, -0.15) is 13.2 Å². The number of amides is 3. The van der Waals surface area contributed by atoms with Gasteiger partial charge in [0, 0.05) is 12.6 Å². The molecule has 2 aliphatic rings. The van der Waals surface area contributed by atoms with Crippen LogP contribution < -0.4 is 5.32 Å². The Morgan fingerprint density at radius 3 is 2.37 bits per heavy atom. The number of benzene rings is 2. The third kappa shape index (κ3) is 3.54. The molecule has 0 aromatic heterocycles. The molecule has 158 valence electrons. The maximum Gasteiger partial charge on any atom is 0.425 e. The summed E-state index contributed by atoms with van der Waals surface area (Å²) < 4.78 is 55.8. The van der Waals surface area contributed by atoms with Crippen LogP contribution in [0.2, 0.25) is 0 Å². The summed E-state index contributed by atoms with van der Waals surface area (Å²) in [5.74, 6) is -1.80. The molecule has 0 radical (unpaired) electrons. The molecule has 1 heterocycles. The molecule has 0 bridgehead atoms. The van der Waals surface area contributed by atoms with Gasteiger partial charge in [0.05, 0.1) is 6.67 Å². The van der Waals surface area contributed by atoms with E-state index in [-0.39, 0.29) is 24.8 Å². The smallest absolute Gasteiger partial charge is 0.312 e.